The minimum Gasteiger partial charge on any atom is -0.389 e. The van der Waals surface area contributed by atoms with Crippen molar-refractivity contribution in [1.29, 1.82) is 0 Å². The molecule has 1 aromatic rings. The maximum absolute atomic E-state index is 12.2. The summed E-state index contributed by atoms with van der Waals surface area (Å²) < 4.78 is 4.93. The fourth-order valence-corrected chi connectivity index (χ4v) is 2.70. The van der Waals surface area contributed by atoms with Gasteiger partial charge in [-0.1, -0.05) is 29.8 Å². The quantitative estimate of drug-likeness (QED) is 0.845. The number of carbonyl (C=O) groups is 1. The molecule has 1 amide bonds. The second kappa shape index (κ2) is 7.04. The Morgan fingerprint density at radius 3 is 3.00 bits per heavy atom. The van der Waals surface area contributed by atoms with Gasteiger partial charge in [-0.3, -0.25) is 9.69 Å². The molecule has 0 radical (unpaired) electrons. The third kappa shape index (κ3) is 3.49. The highest BCUT2D eigenvalue weighted by molar-refractivity contribution is 6.31. The van der Waals surface area contributed by atoms with Crippen LogP contribution in [0.2, 0.25) is 5.02 Å². The normalized spacial score (nSPS) is 21.6. The van der Waals surface area contributed by atoms with E-state index in [4.69, 9.17) is 16.3 Å². The molecule has 1 fully saturated rings. The molecule has 1 aliphatic heterocycles. The lowest BCUT2D eigenvalue weighted by Gasteiger charge is -2.36. The molecular weight excluding hydrogens is 280 g/mol. The van der Waals surface area contributed by atoms with Crippen molar-refractivity contribution in [3.05, 3.63) is 34.9 Å². The Balaban J connectivity index is 2.20. The van der Waals surface area contributed by atoms with Crippen LogP contribution in [-0.2, 0) is 9.53 Å². The Bertz CT molecular complexity index is 469. The average molecular weight is 299 g/mol. The second-order valence-electron chi connectivity index (χ2n) is 4.82. The summed E-state index contributed by atoms with van der Waals surface area (Å²) in [5, 5.41) is 13.3. The molecule has 2 rings (SSSR count). The summed E-state index contributed by atoms with van der Waals surface area (Å²) in [6, 6.07) is 6.82. The van der Waals surface area contributed by atoms with Gasteiger partial charge in [0.2, 0.25) is 5.91 Å². The minimum atomic E-state index is -0.629. The van der Waals surface area contributed by atoms with Crippen molar-refractivity contribution in [2.75, 3.05) is 33.4 Å². The molecule has 1 saturated heterocycles. The van der Waals surface area contributed by atoms with Crippen molar-refractivity contribution < 1.29 is 14.6 Å². The smallest absolute Gasteiger partial charge is 0.242 e. The SMILES string of the molecule is COC[C@H](O)CN1CCNC(=O)[C@H]1c1ccccc1Cl. The standard InChI is InChI=1S/C14H19ClN2O3/c1-20-9-10(18)8-17-7-6-16-14(19)13(17)11-4-2-3-5-12(11)15/h2-5,10,13,18H,6-9H2,1H3,(H,16,19)/t10-,13-/m1/s1. The van der Waals surface area contributed by atoms with E-state index >= 15 is 0 Å². The molecule has 5 nitrogen and oxygen atoms in total. The summed E-state index contributed by atoms with van der Waals surface area (Å²) in [6.45, 7) is 1.85. The molecule has 2 N–H and O–H groups in total. The van der Waals surface area contributed by atoms with E-state index in [9.17, 15) is 9.90 Å². The summed E-state index contributed by atoms with van der Waals surface area (Å²) >= 11 is 6.19. The predicted molar refractivity (Wildman–Crippen MR) is 76.7 cm³/mol. The number of halogens is 1. The lowest BCUT2D eigenvalue weighted by Crippen LogP contribution is -2.52. The summed E-state index contributed by atoms with van der Waals surface area (Å²) in [7, 11) is 1.54. The lowest BCUT2D eigenvalue weighted by molar-refractivity contribution is -0.130. The number of benzene rings is 1. The van der Waals surface area contributed by atoms with Gasteiger partial charge in [0, 0.05) is 31.8 Å². The molecule has 0 unspecified atom stereocenters. The van der Waals surface area contributed by atoms with Crippen LogP contribution in [0.4, 0.5) is 0 Å². The molecule has 6 heteroatoms. The van der Waals surface area contributed by atoms with Crippen LogP contribution in [0.3, 0.4) is 0 Å². The van der Waals surface area contributed by atoms with Gasteiger partial charge in [0.15, 0.2) is 0 Å². The monoisotopic (exact) mass is 298 g/mol. The van der Waals surface area contributed by atoms with E-state index in [2.05, 4.69) is 5.32 Å². The van der Waals surface area contributed by atoms with Crippen LogP contribution in [-0.4, -0.2) is 55.4 Å². The maximum atomic E-state index is 12.2. The van der Waals surface area contributed by atoms with Crippen LogP contribution >= 0.6 is 11.6 Å². The van der Waals surface area contributed by atoms with Gasteiger partial charge < -0.3 is 15.2 Å². The fourth-order valence-electron chi connectivity index (χ4n) is 2.46. The Morgan fingerprint density at radius 2 is 2.30 bits per heavy atom. The number of nitrogens with zero attached hydrogens (tertiary/aromatic N) is 1. The van der Waals surface area contributed by atoms with E-state index in [1.165, 1.54) is 7.11 Å². The van der Waals surface area contributed by atoms with Crippen molar-refractivity contribution in [2.45, 2.75) is 12.1 Å². The first-order valence-corrected chi connectivity index (χ1v) is 6.94. The zero-order valence-corrected chi connectivity index (χ0v) is 12.1. The molecule has 1 heterocycles. The molecule has 1 aromatic carbocycles. The highest BCUT2D eigenvalue weighted by atomic mass is 35.5. The Labute approximate surface area is 123 Å². The number of amides is 1. The van der Waals surface area contributed by atoms with Gasteiger partial charge in [-0.15, -0.1) is 0 Å². The van der Waals surface area contributed by atoms with E-state index in [0.29, 0.717) is 24.7 Å². The lowest BCUT2D eigenvalue weighted by atomic mass is 10.0. The molecule has 110 valence electrons. The van der Waals surface area contributed by atoms with E-state index in [0.717, 1.165) is 5.56 Å². The van der Waals surface area contributed by atoms with Crippen LogP contribution in [0.1, 0.15) is 11.6 Å². The molecule has 0 bridgehead atoms. The predicted octanol–water partition coefficient (Wildman–Crippen LogP) is 0.820. The number of rotatable bonds is 5. The first-order chi connectivity index (χ1) is 9.63. The fraction of sp³-hybridized carbons (Fsp3) is 0.500. The number of hydrogen-bond donors (Lipinski definition) is 2. The second-order valence-corrected chi connectivity index (χ2v) is 5.23. The number of aliphatic hydroxyl groups excluding tert-OH is 1. The summed E-state index contributed by atoms with van der Waals surface area (Å²) in [4.78, 5) is 14.1. The summed E-state index contributed by atoms with van der Waals surface area (Å²) in [5.41, 5.74) is 0.760. The van der Waals surface area contributed by atoms with Crippen LogP contribution in [0, 0.1) is 0 Å². The van der Waals surface area contributed by atoms with Gasteiger partial charge in [0.05, 0.1) is 12.7 Å². The van der Waals surface area contributed by atoms with Crippen molar-refractivity contribution in [3.63, 3.8) is 0 Å². The number of aliphatic hydroxyl groups is 1. The molecule has 0 aliphatic carbocycles. The highest BCUT2D eigenvalue weighted by Crippen LogP contribution is 2.29. The molecule has 0 saturated carbocycles. The number of carbonyl (C=O) groups excluding carboxylic acids is 1. The zero-order chi connectivity index (χ0) is 14.5. The van der Waals surface area contributed by atoms with E-state index in [1.807, 2.05) is 23.1 Å². The van der Waals surface area contributed by atoms with Crippen LogP contribution < -0.4 is 5.32 Å². The third-order valence-electron chi connectivity index (χ3n) is 3.32. The number of methoxy groups -OCH3 is 1. The van der Waals surface area contributed by atoms with Crippen LogP contribution in [0.25, 0.3) is 0 Å². The zero-order valence-electron chi connectivity index (χ0n) is 11.4. The van der Waals surface area contributed by atoms with E-state index < -0.39 is 12.1 Å². The van der Waals surface area contributed by atoms with Gasteiger partial charge in [-0.05, 0) is 11.6 Å². The molecule has 0 spiro atoms. The van der Waals surface area contributed by atoms with E-state index in [-0.39, 0.29) is 12.5 Å². The summed E-state index contributed by atoms with van der Waals surface area (Å²) in [5.74, 6) is -0.0889. The maximum Gasteiger partial charge on any atom is 0.242 e. The topological polar surface area (TPSA) is 61.8 Å². The van der Waals surface area contributed by atoms with Crippen molar-refractivity contribution in [2.24, 2.45) is 0 Å². The largest absolute Gasteiger partial charge is 0.389 e. The molecule has 20 heavy (non-hydrogen) atoms. The van der Waals surface area contributed by atoms with Crippen molar-refractivity contribution in [1.82, 2.24) is 10.2 Å². The van der Waals surface area contributed by atoms with Gasteiger partial charge in [-0.2, -0.15) is 0 Å². The van der Waals surface area contributed by atoms with Gasteiger partial charge >= 0.3 is 0 Å². The molecule has 0 aromatic heterocycles. The van der Waals surface area contributed by atoms with Gasteiger partial charge in [0.1, 0.15) is 6.04 Å². The summed E-state index contributed by atoms with van der Waals surface area (Å²) in [6.07, 6.45) is -0.629. The van der Waals surface area contributed by atoms with Gasteiger partial charge in [-0.25, -0.2) is 0 Å². The number of hydrogen-bond acceptors (Lipinski definition) is 4. The molecule has 1 aliphatic rings. The first-order valence-electron chi connectivity index (χ1n) is 6.56. The van der Waals surface area contributed by atoms with E-state index in [1.54, 1.807) is 6.07 Å². The first kappa shape index (κ1) is 15.3. The van der Waals surface area contributed by atoms with Crippen LogP contribution in [0.5, 0.6) is 0 Å². The van der Waals surface area contributed by atoms with Crippen molar-refractivity contribution in [3.8, 4) is 0 Å². The Morgan fingerprint density at radius 1 is 1.55 bits per heavy atom. The van der Waals surface area contributed by atoms with Crippen LogP contribution in [0.15, 0.2) is 24.3 Å². The number of ether oxygens (including phenoxy) is 1. The third-order valence-corrected chi connectivity index (χ3v) is 3.66. The number of β-amino-alcohol motifs (C(OH)–C–C–N with tert-alkyl or cyclic N) is 1. The van der Waals surface area contributed by atoms with Crippen molar-refractivity contribution >= 4 is 17.5 Å². The Kier molecular flexibility index (Phi) is 5.37. The minimum absolute atomic E-state index is 0.0889. The average Bonchev–Trinajstić information content (AvgIpc) is 2.41. The number of piperazine rings is 1. The van der Waals surface area contributed by atoms with Gasteiger partial charge in [0.25, 0.3) is 0 Å². The molecule has 2 atom stereocenters. The molecular formula is C14H19ClN2O3. The highest BCUT2D eigenvalue weighted by Gasteiger charge is 2.33. The number of nitrogens with one attached hydrogen (secondary N) is 1. The Hall–Kier alpha value is -1.14.